The molecule has 2 aromatic heterocycles. The Kier molecular flexibility index (Phi) is 15.5. The van der Waals surface area contributed by atoms with Crippen LogP contribution in [0.3, 0.4) is 0 Å². The van der Waals surface area contributed by atoms with Gasteiger partial charge in [0.15, 0.2) is 46.5 Å². The van der Waals surface area contributed by atoms with E-state index in [2.05, 4.69) is 36.6 Å². The van der Waals surface area contributed by atoms with Gasteiger partial charge in [0, 0.05) is 30.4 Å². The van der Waals surface area contributed by atoms with Gasteiger partial charge in [0.25, 0.3) is 0 Å². The standard InChI is InChI=1S/C34H27F8N3.2C10H8N2.Ru/c1-14-2-4-43-21(6-14)22-13-15(3-5-44-22)12-20-25(35)27(37)23(28(38)26(20)36)24-29(39)31(41)34(32(42)30(24)40)45-33-18-8-16-7-17(10-18)11-19(33)9-16;2*1-3-7-11-9(5-1)10-6-2-4-8-12-10;/h2-6,13,16-19,33,45H,7-12H2,1H3;2*1-8H;/q;2*-2;+6/b;2*10-9-;. The number of nitrogens with one attached hydrogen (secondary N) is 1. The van der Waals surface area contributed by atoms with Gasteiger partial charge in [0.05, 0.1) is 22.5 Å². The molecule has 8 aliphatic rings. The molecular weight excluding hydrogens is 1000 g/mol. The molecule has 7 nitrogen and oxygen atoms in total. The van der Waals surface area contributed by atoms with Crippen LogP contribution in [0.25, 0.3) is 43.8 Å². The Hall–Kier alpha value is -6.80. The summed E-state index contributed by atoms with van der Waals surface area (Å²) >= 11 is 0. The summed E-state index contributed by atoms with van der Waals surface area (Å²) in [7, 11) is 0. The number of aryl methyl sites for hydroxylation is 1. The van der Waals surface area contributed by atoms with Crippen LogP contribution in [-0.4, -0.2) is 16.0 Å². The Morgan fingerprint density at radius 3 is 1.30 bits per heavy atom. The number of nitrogens with zero attached hydrogens (tertiary/aromatic N) is 6. The number of pyridine rings is 2. The maximum absolute atomic E-state index is 15.4. The van der Waals surface area contributed by atoms with Crippen LogP contribution in [0, 0.1) is 77.1 Å². The van der Waals surface area contributed by atoms with E-state index < -0.39 is 81.4 Å². The van der Waals surface area contributed by atoms with Crippen LogP contribution in [0.15, 0.2) is 157 Å². The van der Waals surface area contributed by atoms with Crippen molar-refractivity contribution >= 4 is 5.69 Å². The van der Waals surface area contributed by atoms with Gasteiger partial charge in [-0.2, -0.15) is 47.6 Å². The fraction of sp³-hybridized carbons (Fsp3) is 0.222. The number of halogens is 8. The van der Waals surface area contributed by atoms with E-state index in [1.807, 2.05) is 79.8 Å². The third-order valence-electron chi connectivity index (χ3n) is 13.0. The molecule has 4 fully saturated rings. The number of rotatable bonds is 6. The van der Waals surface area contributed by atoms with Crippen molar-refractivity contribution in [1.29, 1.82) is 0 Å². The van der Waals surface area contributed by atoms with Gasteiger partial charge in [-0.3, -0.25) is 9.97 Å². The molecule has 16 heteroatoms. The fourth-order valence-electron chi connectivity index (χ4n) is 10.0. The van der Waals surface area contributed by atoms with Crippen molar-refractivity contribution in [3.8, 4) is 22.5 Å². The second-order valence-electron chi connectivity index (χ2n) is 17.5. The summed E-state index contributed by atoms with van der Waals surface area (Å²) in [5.74, 6) is -15.3. The van der Waals surface area contributed by atoms with Crippen LogP contribution in [0.4, 0.5) is 40.8 Å². The van der Waals surface area contributed by atoms with Gasteiger partial charge in [0.1, 0.15) is 5.69 Å². The van der Waals surface area contributed by atoms with Crippen LogP contribution in [0.1, 0.15) is 48.8 Å². The molecule has 1 N–H and O–H groups in total. The first-order valence-electron chi connectivity index (χ1n) is 22.5. The Balaban J connectivity index is 0.000000213. The minimum absolute atomic E-state index is 0. The molecule has 0 radical (unpaired) electrons. The van der Waals surface area contributed by atoms with E-state index in [0.29, 0.717) is 23.2 Å². The Labute approximate surface area is 413 Å². The van der Waals surface area contributed by atoms with E-state index in [0.717, 1.165) is 60.5 Å². The second kappa shape index (κ2) is 21.9. The zero-order valence-electron chi connectivity index (χ0n) is 37.4. The molecule has 0 amide bonds. The number of aromatic nitrogens is 2. The predicted molar refractivity (Wildman–Crippen MR) is 252 cm³/mol. The van der Waals surface area contributed by atoms with Crippen LogP contribution in [-0.2, 0) is 25.9 Å². The SMILES string of the molecule is C1=C[N-]/C(=C2/C=CC=C[N-]2)C=C1.C1=C[N-]/C(=C2/C=CC=C[N-]2)C=C1.Cc1ccnc(-c2cc(Cc3c(F)c(F)c(-c4c(F)c(F)c(NC5C6CC7CC(C6)CC5C7)c(F)c4F)c(F)c3F)ccn2)c1.[Ru+6]. The van der Waals surface area contributed by atoms with Crippen molar-refractivity contribution in [3.63, 3.8) is 0 Å². The van der Waals surface area contributed by atoms with Crippen LogP contribution >= 0.6 is 0 Å². The normalized spacial score (nSPS) is 23.8. The Morgan fingerprint density at radius 1 is 0.500 bits per heavy atom. The summed E-state index contributed by atoms with van der Waals surface area (Å²) < 4.78 is 123. The molecular formula is C54H43F8N7Ru+2. The minimum atomic E-state index is -2.18. The number of allylic oxidation sites excluding steroid dienone is 12. The first kappa shape index (κ1) is 49.6. The smallest absolute Gasteiger partial charge is 0.665 e. The van der Waals surface area contributed by atoms with Crippen molar-refractivity contribution in [3.05, 3.63) is 242 Å². The van der Waals surface area contributed by atoms with E-state index >= 15 is 35.1 Å². The Morgan fingerprint density at radius 2 is 0.900 bits per heavy atom. The zero-order chi connectivity index (χ0) is 48.2. The molecule has 356 valence electrons. The monoisotopic (exact) mass is 1040 g/mol. The van der Waals surface area contributed by atoms with Crippen LogP contribution in [0.2, 0.25) is 0 Å². The van der Waals surface area contributed by atoms with E-state index in [1.54, 1.807) is 36.9 Å². The van der Waals surface area contributed by atoms with Crippen molar-refractivity contribution in [1.82, 2.24) is 9.97 Å². The second-order valence-corrected chi connectivity index (χ2v) is 17.5. The maximum atomic E-state index is 15.4. The summed E-state index contributed by atoms with van der Waals surface area (Å²) in [6.07, 6.45) is 36.9. The molecule has 4 bridgehead atoms. The van der Waals surface area contributed by atoms with Gasteiger partial charge in [-0.15, -0.1) is 0 Å². The quantitative estimate of drug-likeness (QED) is 0.118. The molecule has 0 unspecified atom stereocenters. The van der Waals surface area contributed by atoms with E-state index in [9.17, 15) is 0 Å². The molecule has 2 aromatic carbocycles. The van der Waals surface area contributed by atoms with E-state index in [1.165, 1.54) is 24.5 Å². The van der Waals surface area contributed by atoms with Crippen LogP contribution < -0.4 is 5.32 Å². The molecule has 0 atom stereocenters. The molecule has 70 heavy (non-hydrogen) atoms. The average molecular weight is 1040 g/mol. The molecule has 0 spiro atoms. The van der Waals surface area contributed by atoms with Gasteiger partial charge in [-0.05, 0) is 98.1 Å². The van der Waals surface area contributed by atoms with Crippen molar-refractivity contribution in [2.24, 2.45) is 23.7 Å². The van der Waals surface area contributed by atoms with Gasteiger partial charge in [-0.1, -0.05) is 72.9 Å². The van der Waals surface area contributed by atoms with Crippen molar-refractivity contribution < 1.29 is 54.6 Å². The van der Waals surface area contributed by atoms with Gasteiger partial charge < -0.3 is 26.6 Å². The molecule has 4 aliphatic carbocycles. The van der Waals surface area contributed by atoms with Crippen molar-refractivity contribution in [2.75, 3.05) is 5.32 Å². The van der Waals surface area contributed by atoms with E-state index in [4.69, 9.17) is 0 Å². The molecule has 6 heterocycles. The fourth-order valence-corrected chi connectivity index (χ4v) is 10.0. The number of hydrogen-bond acceptors (Lipinski definition) is 3. The summed E-state index contributed by atoms with van der Waals surface area (Å²) in [4.78, 5) is 8.36. The third-order valence-corrected chi connectivity index (χ3v) is 13.0. The minimum Gasteiger partial charge on any atom is -0.665 e. The Bertz CT molecular complexity index is 2770. The van der Waals surface area contributed by atoms with E-state index in [-0.39, 0.29) is 36.9 Å². The molecule has 0 saturated heterocycles. The largest absolute Gasteiger partial charge is 6.00 e. The molecule has 4 aromatic rings. The average Bonchev–Trinajstić information content (AvgIpc) is 3.38. The first-order valence-corrected chi connectivity index (χ1v) is 22.5. The third kappa shape index (κ3) is 10.5. The first-order chi connectivity index (χ1) is 33.4. The molecule has 12 rings (SSSR count). The van der Waals surface area contributed by atoms with Gasteiger partial charge in [0.2, 0.25) is 0 Å². The topological polar surface area (TPSA) is 94.2 Å². The summed E-state index contributed by atoms with van der Waals surface area (Å²) in [6.45, 7) is 1.82. The van der Waals surface area contributed by atoms with Gasteiger partial charge in [-0.25, -0.2) is 35.1 Å². The summed E-state index contributed by atoms with van der Waals surface area (Å²) in [6, 6.07) is 5.82. The van der Waals surface area contributed by atoms with Crippen molar-refractivity contribution in [2.45, 2.75) is 51.5 Å². The molecule has 4 aliphatic heterocycles. The predicted octanol–water partition coefficient (Wildman–Crippen LogP) is 15.3. The van der Waals surface area contributed by atoms with Gasteiger partial charge >= 0.3 is 19.5 Å². The number of anilines is 1. The zero-order valence-corrected chi connectivity index (χ0v) is 39.1. The summed E-state index contributed by atoms with van der Waals surface area (Å²) in [5, 5.41) is 19.4. The molecule has 4 saturated carbocycles. The van der Waals surface area contributed by atoms with Crippen LogP contribution in [0.5, 0.6) is 0 Å². The number of hydrogen-bond donors (Lipinski definition) is 1. The number of benzene rings is 2. The summed E-state index contributed by atoms with van der Waals surface area (Å²) in [5.41, 5.74) is -0.415. The maximum Gasteiger partial charge on any atom is 6.00 e.